The Hall–Kier alpha value is -1.91. The Morgan fingerprint density at radius 3 is 2.67 bits per heavy atom. The van der Waals surface area contributed by atoms with E-state index >= 15 is 0 Å². The molecule has 2 aromatic rings. The number of rotatable bonds is 4. The lowest BCUT2D eigenvalue weighted by molar-refractivity contribution is 0.0951. The molecular weight excluding hydrogens is 311 g/mol. The van der Waals surface area contributed by atoms with E-state index in [1.165, 1.54) is 6.07 Å². The van der Waals surface area contributed by atoms with Crippen molar-refractivity contribution in [1.29, 1.82) is 0 Å². The lowest BCUT2D eigenvalue weighted by Gasteiger charge is -2.09. The molecule has 0 bridgehead atoms. The molecular formula is C15H14Cl2N2O2. The lowest BCUT2D eigenvalue weighted by atomic mass is 10.1. The van der Waals surface area contributed by atoms with Crippen molar-refractivity contribution >= 4 is 34.8 Å². The lowest BCUT2D eigenvalue weighted by Crippen LogP contribution is -2.23. The van der Waals surface area contributed by atoms with Crippen molar-refractivity contribution in [2.75, 3.05) is 12.8 Å². The Morgan fingerprint density at radius 2 is 2.00 bits per heavy atom. The zero-order valence-electron chi connectivity index (χ0n) is 11.3. The third kappa shape index (κ3) is 3.80. The van der Waals surface area contributed by atoms with Crippen LogP contribution in [0.4, 0.5) is 5.69 Å². The summed E-state index contributed by atoms with van der Waals surface area (Å²) in [5.41, 5.74) is 7.54. The van der Waals surface area contributed by atoms with Crippen LogP contribution in [-0.4, -0.2) is 13.0 Å². The highest BCUT2D eigenvalue weighted by molar-refractivity contribution is 6.35. The molecule has 0 aliphatic carbocycles. The van der Waals surface area contributed by atoms with Crippen LogP contribution in [0.25, 0.3) is 0 Å². The molecule has 2 rings (SSSR count). The number of hydrogen-bond acceptors (Lipinski definition) is 3. The van der Waals surface area contributed by atoms with Gasteiger partial charge in [0.1, 0.15) is 5.75 Å². The zero-order chi connectivity index (χ0) is 15.4. The van der Waals surface area contributed by atoms with Crippen LogP contribution in [0.2, 0.25) is 10.0 Å². The molecule has 0 fully saturated rings. The molecule has 0 radical (unpaired) electrons. The average molecular weight is 325 g/mol. The molecule has 0 atom stereocenters. The first-order valence-corrected chi connectivity index (χ1v) is 6.92. The maximum Gasteiger partial charge on any atom is 0.253 e. The van der Waals surface area contributed by atoms with Crippen LogP contribution in [0.1, 0.15) is 15.9 Å². The maximum absolute atomic E-state index is 12.1. The largest absolute Gasteiger partial charge is 0.495 e. The summed E-state index contributed by atoms with van der Waals surface area (Å²) in [7, 11) is 1.55. The van der Waals surface area contributed by atoms with E-state index in [4.69, 9.17) is 33.7 Å². The van der Waals surface area contributed by atoms with Gasteiger partial charge in [0.05, 0.1) is 23.4 Å². The van der Waals surface area contributed by atoms with Gasteiger partial charge >= 0.3 is 0 Å². The Bertz CT molecular complexity index is 675. The van der Waals surface area contributed by atoms with Crippen LogP contribution in [0.5, 0.6) is 5.75 Å². The third-order valence-electron chi connectivity index (χ3n) is 2.92. The van der Waals surface area contributed by atoms with Crippen LogP contribution in [0.3, 0.4) is 0 Å². The second kappa shape index (κ2) is 6.70. The summed E-state index contributed by atoms with van der Waals surface area (Å²) in [6, 6.07) is 10.1. The molecule has 0 saturated heterocycles. The zero-order valence-corrected chi connectivity index (χ0v) is 12.8. The molecule has 1 amide bonds. The Labute approximate surface area is 132 Å². The van der Waals surface area contributed by atoms with Crippen LogP contribution < -0.4 is 15.8 Å². The third-order valence-corrected chi connectivity index (χ3v) is 3.48. The molecule has 0 unspecified atom stereocenters. The summed E-state index contributed by atoms with van der Waals surface area (Å²) in [5.74, 6) is 0.305. The fourth-order valence-corrected chi connectivity index (χ4v) is 2.22. The van der Waals surface area contributed by atoms with E-state index in [1.807, 2.05) is 6.07 Å². The van der Waals surface area contributed by atoms with E-state index in [0.29, 0.717) is 33.6 Å². The highest BCUT2D eigenvalue weighted by Gasteiger charge is 2.11. The van der Waals surface area contributed by atoms with Gasteiger partial charge in [0.15, 0.2) is 0 Å². The van der Waals surface area contributed by atoms with Crippen LogP contribution in [-0.2, 0) is 6.54 Å². The van der Waals surface area contributed by atoms with Crippen molar-refractivity contribution in [1.82, 2.24) is 5.32 Å². The minimum atomic E-state index is -0.295. The van der Waals surface area contributed by atoms with E-state index in [-0.39, 0.29) is 5.91 Å². The van der Waals surface area contributed by atoms with Crippen LogP contribution in [0.15, 0.2) is 36.4 Å². The normalized spacial score (nSPS) is 10.2. The predicted octanol–water partition coefficient (Wildman–Crippen LogP) is 3.51. The Morgan fingerprint density at radius 1 is 1.24 bits per heavy atom. The van der Waals surface area contributed by atoms with Gasteiger partial charge in [0, 0.05) is 11.6 Å². The van der Waals surface area contributed by atoms with Crippen molar-refractivity contribution in [2.24, 2.45) is 0 Å². The molecule has 0 aromatic heterocycles. The summed E-state index contributed by atoms with van der Waals surface area (Å²) in [5, 5.41) is 3.58. The minimum Gasteiger partial charge on any atom is -0.495 e. The number of anilines is 1. The Kier molecular flexibility index (Phi) is 4.94. The second-order valence-electron chi connectivity index (χ2n) is 4.38. The van der Waals surface area contributed by atoms with E-state index in [9.17, 15) is 4.79 Å². The fraction of sp³-hybridized carbons (Fsp3) is 0.133. The molecule has 0 aliphatic rings. The highest BCUT2D eigenvalue weighted by atomic mass is 35.5. The summed E-state index contributed by atoms with van der Waals surface area (Å²) in [6.45, 7) is 0.329. The van der Waals surface area contributed by atoms with Crippen molar-refractivity contribution in [2.45, 2.75) is 6.54 Å². The SMILES string of the molecule is COc1ccc(CNC(=O)c2cc(Cl)ccc2Cl)cc1N. The van der Waals surface area contributed by atoms with E-state index < -0.39 is 0 Å². The molecule has 4 nitrogen and oxygen atoms in total. The summed E-state index contributed by atoms with van der Waals surface area (Å²) < 4.78 is 5.08. The molecule has 2 aromatic carbocycles. The predicted molar refractivity (Wildman–Crippen MR) is 85.0 cm³/mol. The summed E-state index contributed by atoms with van der Waals surface area (Å²) in [6.07, 6.45) is 0. The molecule has 6 heteroatoms. The highest BCUT2D eigenvalue weighted by Crippen LogP contribution is 2.23. The molecule has 0 saturated carbocycles. The molecule has 3 N–H and O–H groups in total. The van der Waals surface area contributed by atoms with Gasteiger partial charge in [-0.05, 0) is 35.9 Å². The van der Waals surface area contributed by atoms with Gasteiger partial charge in [-0.3, -0.25) is 4.79 Å². The van der Waals surface area contributed by atoms with E-state index in [2.05, 4.69) is 5.32 Å². The van der Waals surface area contributed by atoms with E-state index in [0.717, 1.165) is 5.56 Å². The van der Waals surface area contributed by atoms with Gasteiger partial charge in [-0.15, -0.1) is 0 Å². The van der Waals surface area contributed by atoms with Gasteiger partial charge in [-0.1, -0.05) is 29.3 Å². The Balaban J connectivity index is 2.07. The van der Waals surface area contributed by atoms with Gasteiger partial charge in [-0.25, -0.2) is 0 Å². The van der Waals surface area contributed by atoms with Gasteiger partial charge in [0.2, 0.25) is 0 Å². The topological polar surface area (TPSA) is 64.3 Å². The number of carbonyl (C=O) groups is 1. The van der Waals surface area contributed by atoms with Gasteiger partial charge in [0.25, 0.3) is 5.91 Å². The summed E-state index contributed by atoms with van der Waals surface area (Å²) >= 11 is 11.8. The number of ether oxygens (including phenoxy) is 1. The van der Waals surface area contributed by atoms with Gasteiger partial charge < -0.3 is 15.8 Å². The first-order valence-electron chi connectivity index (χ1n) is 6.17. The number of nitrogens with two attached hydrogens (primary N) is 1. The minimum absolute atomic E-state index is 0.295. The number of halogens is 2. The van der Waals surface area contributed by atoms with Crippen molar-refractivity contribution in [3.63, 3.8) is 0 Å². The quantitative estimate of drug-likeness (QED) is 0.846. The molecule has 0 aliphatic heterocycles. The van der Waals surface area contributed by atoms with Crippen molar-refractivity contribution in [3.8, 4) is 5.75 Å². The summed E-state index contributed by atoms with van der Waals surface area (Å²) in [4.78, 5) is 12.1. The van der Waals surface area contributed by atoms with Crippen molar-refractivity contribution < 1.29 is 9.53 Å². The number of benzene rings is 2. The fourth-order valence-electron chi connectivity index (χ4n) is 1.84. The van der Waals surface area contributed by atoms with Crippen molar-refractivity contribution in [3.05, 3.63) is 57.6 Å². The number of hydrogen-bond donors (Lipinski definition) is 2. The number of amides is 1. The molecule has 110 valence electrons. The van der Waals surface area contributed by atoms with Gasteiger partial charge in [-0.2, -0.15) is 0 Å². The number of methoxy groups -OCH3 is 1. The number of nitrogen functional groups attached to an aromatic ring is 1. The number of carbonyl (C=O) groups excluding carboxylic acids is 1. The maximum atomic E-state index is 12.1. The average Bonchev–Trinajstić information content (AvgIpc) is 2.47. The molecule has 0 heterocycles. The molecule has 0 spiro atoms. The molecule has 21 heavy (non-hydrogen) atoms. The first kappa shape index (κ1) is 15.5. The van der Waals surface area contributed by atoms with Crippen LogP contribution >= 0.6 is 23.2 Å². The standard InChI is InChI=1S/C15H14Cl2N2O2/c1-21-14-5-2-9(6-13(14)18)8-19-15(20)11-7-10(16)3-4-12(11)17/h2-7H,8,18H2,1H3,(H,19,20). The number of nitrogens with one attached hydrogen (secondary N) is 1. The van der Waals surface area contributed by atoms with Crippen LogP contribution in [0, 0.1) is 0 Å². The van der Waals surface area contributed by atoms with E-state index in [1.54, 1.807) is 31.4 Å². The second-order valence-corrected chi connectivity index (χ2v) is 5.23. The first-order chi connectivity index (χ1) is 10.0. The smallest absolute Gasteiger partial charge is 0.253 e. The monoisotopic (exact) mass is 324 g/mol.